The van der Waals surface area contributed by atoms with Crippen LogP contribution in [0.4, 0.5) is 10.7 Å². The summed E-state index contributed by atoms with van der Waals surface area (Å²) in [5, 5.41) is 12.3. The van der Waals surface area contributed by atoms with Gasteiger partial charge in [-0.15, -0.1) is 11.3 Å². The fourth-order valence-corrected chi connectivity index (χ4v) is 5.74. The zero-order valence-corrected chi connectivity index (χ0v) is 20.3. The molecule has 0 bridgehead atoms. The first-order valence-corrected chi connectivity index (χ1v) is 12.1. The minimum atomic E-state index is -0.304. The van der Waals surface area contributed by atoms with E-state index in [-0.39, 0.29) is 5.97 Å². The van der Waals surface area contributed by atoms with Gasteiger partial charge >= 0.3 is 5.97 Å². The van der Waals surface area contributed by atoms with Crippen molar-refractivity contribution in [3.8, 4) is 0 Å². The number of carbonyl (C=O) groups excluding carboxylic acids is 1. The molecular formula is C24H28N4O2S2. The molecule has 2 aromatic heterocycles. The van der Waals surface area contributed by atoms with Crippen LogP contribution in [0.15, 0.2) is 30.3 Å². The van der Waals surface area contributed by atoms with E-state index in [1.165, 1.54) is 18.4 Å². The molecule has 0 aliphatic heterocycles. The van der Waals surface area contributed by atoms with Crippen LogP contribution >= 0.6 is 23.6 Å². The summed E-state index contributed by atoms with van der Waals surface area (Å²) < 4.78 is 7.07. The van der Waals surface area contributed by atoms with Crippen LogP contribution in [-0.2, 0) is 24.1 Å². The summed E-state index contributed by atoms with van der Waals surface area (Å²) in [4.78, 5) is 13.8. The molecule has 2 heterocycles. The Labute approximate surface area is 198 Å². The Bertz CT molecular complexity index is 1150. The van der Waals surface area contributed by atoms with E-state index in [0.29, 0.717) is 17.2 Å². The van der Waals surface area contributed by atoms with Crippen LogP contribution in [-0.4, -0.2) is 28.0 Å². The number of thiophene rings is 1. The normalized spacial score (nSPS) is 13.2. The highest BCUT2D eigenvalue weighted by Crippen LogP contribution is 2.38. The Kier molecular flexibility index (Phi) is 6.91. The first-order chi connectivity index (χ1) is 15.4. The number of methoxy groups -OCH3 is 1. The van der Waals surface area contributed by atoms with E-state index in [1.54, 1.807) is 11.3 Å². The Morgan fingerprint density at radius 2 is 2.00 bits per heavy atom. The van der Waals surface area contributed by atoms with Crippen molar-refractivity contribution >= 4 is 45.3 Å². The Morgan fingerprint density at radius 3 is 2.75 bits per heavy atom. The van der Waals surface area contributed by atoms with Gasteiger partial charge in [0, 0.05) is 16.3 Å². The number of fused-ring (bicyclic) bond motifs is 1. The zero-order chi connectivity index (χ0) is 22.7. The first-order valence-electron chi connectivity index (χ1n) is 10.9. The quantitative estimate of drug-likeness (QED) is 0.294. The molecule has 8 heteroatoms. The second-order valence-electron chi connectivity index (χ2n) is 8.12. The number of hydrogen-bond donors (Lipinski definition) is 2. The molecule has 0 saturated heterocycles. The highest BCUT2D eigenvalue weighted by molar-refractivity contribution is 7.80. The van der Waals surface area contributed by atoms with E-state index in [0.717, 1.165) is 58.9 Å². The molecule has 3 aromatic rings. The zero-order valence-electron chi connectivity index (χ0n) is 18.7. The van der Waals surface area contributed by atoms with Crippen LogP contribution < -0.4 is 10.6 Å². The topological polar surface area (TPSA) is 68.2 Å². The lowest BCUT2D eigenvalue weighted by Gasteiger charge is -2.12. The van der Waals surface area contributed by atoms with Gasteiger partial charge in [0.25, 0.3) is 0 Å². The highest BCUT2D eigenvalue weighted by Gasteiger charge is 2.25. The molecular weight excluding hydrogens is 440 g/mol. The Balaban J connectivity index is 1.49. The number of esters is 1. The Hall–Kier alpha value is -2.71. The van der Waals surface area contributed by atoms with E-state index in [4.69, 9.17) is 17.0 Å². The second-order valence-corrected chi connectivity index (χ2v) is 9.64. The van der Waals surface area contributed by atoms with Gasteiger partial charge in [-0.05, 0) is 81.1 Å². The van der Waals surface area contributed by atoms with Crippen LogP contribution in [0.25, 0.3) is 0 Å². The SMILES string of the molecule is COC(=O)c1c(NC(=S)Nc2cccc(Cn3nc(C)cc3C)c2)sc2c1CCCCC2. The van der Waals surface area contributed by atoms with E-state index < -0.39 is 0 Å². The lowest BCUT2D eigenvalue weighted by atomic mass is 10.1. The van der Waals surface area contributed by atoms with Gasteiger partial charge in [0.05, 0.1) is 24.9 Å². The van der Waals surface area contributed by atoms with Gasteiger partial charge in [-0.1, -0.05) is 18.6 Å². The van der Waals surface area contributed by atoms with Crippen molar-refractivity contribution in [2.24, 2.45) is 0 Å². The van der Waals surface area contributed by atoms with Gasteiger partial charge in [-0.2, -0.15) is 5.10 Å². The van der Waals surface area contributed by atoms with Crippen LogP contribution in [0.2, 0.25) is 0 Å². The van der Waals surface area contributed by atoms with Crippen LogP contribution in [0.3, 0.4) is 0 Å². The molecule has 1 aliphatic rings. The van der Waals surface area contributed by atoms with Crippen molar-refractivity contribution in [2.75, 3.05) is 17.7 Å². The highest BCUT2D eigenvalue weighted by atomic mass is 32.1. The van der Waals surface area contributed by atoms with Crippen molar-refractivity contribution in [1.82, 2.24) is 9.78 Å². The number of anilines is 2. The maximum absolute atomic E-state index is 12.5. The molecule has 0 radical (unpaired) electrons. The molecule has 168 valence electrons. The van der Waals surface area contributed by atoms with Crippen molar-refractivity contribution in [2.45, 2.75) is 52.5 Å². The molecule has 0 amide bonds. The van der Waals surface area contributed by atoms with Crippen LogP contribution in [0.5, 0.6) is 0 Å². The van der Waals surface area contributed by atoms with Gasteiger partial charge < -0.3 is 15.4 Å². The fourth-order valence-electron chi connectivity index (χ4n) is 4.17. The summed E-state index contributed by atoms with van der Waals surface area (Å²) in [6.45, 7) is 4.75. The molecule has 6 nitrogen and oxygen atoms in total. The number of carbonyl (C=O) groups is 1. The summed E-state index contributed by atoms with van der Waals surface area (Å²) >= 11 is 7.20. The number of nitrogens with one attached hydrogen (secondary N) is 2. The lowest BCUT2D eigenvalue weighted by Crippen LogP contribution is -2.20. The molecule has 0 unspecified atom stereocenters. The minimum Gasteiger partial charge on any atom is -0.465 e. The maximum atomic E-state index is 12.5. The van der Waals surface area contributed by atoms with Gasteiger partial charge in [0.2, 0.25) is 0 Å². The number of benzene rings is 1. The molecule has 0 saturated carbocycles. The number of rotatable bonds is 5. The van der Waals surface area contributed by atoms with Crippen molar-refractivity contribution in [1.29, 1.82) is 0 Å². The van der Waals surface area contributed by atoms with Gasteiger partial charge in [-0.25, -0.2) is 4.79 Å². The van der Waals surface area contributed by atoms with E-state index in [2.05, 4.69) is 40.9 Å². The number of ether oxygens (including phenoxy) is 1. The average molecular weight is 469 g/mol. The molecule has 1 aliphatic carbocycles. The van der Waals surface area contributed by atoms with Crippen molar-refractivity contribution in [3.63, 3.8) is 0 Å². The van der Waals surface area contributed by atoms with E-state index >= 15 is 0 Å². The number of aromatic nitrogens is 2. The molecule has 4 rings (SSSR count). The maximum Gasteiger partial charge on any atom is 0.341 e. The molecule has 2 N–H and O–H groups in total. The van der Waals surface area contributed by atoms with Crippen molar-refractivity contribution in [3.05, 3.63) is 63.3 Å². The average Bonchev–Trinajstić information content (AvgIpc) is 3.15. The number of hydrogen-bond acceptors (Lipinski definition) is 5. The minimum absolute atomic E-state index is 0.304. The van der Waals surface area contributed by atoms with Gasteiger partial charge in [0.1, 0.15) is 5.00 Å². The van der Waals surface area contributed by atoms with E-state index in [1.807, 2.05) is 23.7 Å². The molecule has 32 heavy (non-hydrogen) atoms. The predicted octanol–water partition coefficient (Wildman–Crippen LogP) is 5.47. The standard InChI is InChI=1S/C24H28N4O2S2/c1-15-12-16(2)28(27-15)14-17-8-7-9-18(13-17)25-24(31)26-22-21(23(29)30-3)19-10-5-4-6-11-20(19)32-22/h7-9,12-13H,4-6,10-11,14H2,1-3H3,(H2,25,26,31). The monoisotopic (exact) mass is 468 g/mol. The molecule has 0 fully saturated rings. The first kappa shape index (κ1) is 22.5. The Morgan fingerprint density at radius 1 is 1.19 bits per heavy atom. The van der Waals surface area contributed by atoms with Crippen LogP contribution in [0, 0.1) is 13.8 Å². The predicted molar refractivity (Wildman–Crippen MR) is 134 cm³/mol. The smallest absolute Gasteiger partial charge is 0.341 e. The van der Waals surface area contributed by atoms with Crippen molar-refractivity contribution < 1.29 is 9.53 Å². The molecule has 0 spiro atoms. The largest absolute Gasteiger partial charge is 0.465 e. The fraction of sp³-hybridized carbons (Fsp3) is 0.375. The molecule has 1 aromatic carbocycles. The number of thiocarbonyl (C=S) groups is 1. The molecule has 0 atom stereocenters. The third-order valence-electron chi connectivity index (χ3n) is 5.66. The number of nitrogens with zero attached hydrogens (tertiary/aromatic N) is 2. The van der Waals surface area contributed by atoms with Gasteiger partial charge in [-0.3, -0.25) is 4.68 Å². The van der Waals surface area contributed by atoms with E-state index in [9.17, 15) is 4.79 Å². The third-order valence-corrected chi connectivity index (χ3v) is 7.07. The summed E-state index contributed by atoms with van der Waals surface area (Å²) in [6, 6.07) is 10.2. The van der Waals surface area contributed by atoms with Gasteiger partial charge in [0.15, 0.2) is 5.11 Å². The summed E-state index contributed by atoms with van der Waals surface area (Å²) in [7, 11) is 1.43. The third kappa shape index (κ3) is 5.02. The second kappa shape index (κ2) is 9.83. The lowest BCUT2D eigenvalue weighted by molar-refractivity contribution is 0.0601. The van der Waals surface area contributed by atoms with Crippen LogP contribution in [0.1, 0.15) is 57.0 Å². The summed E-state index contributed by atoms with van der Waals surface area (Å²) in [5.74, 6) is -0.304. The number of aryl methyl sites for hydroxylation is 3. The summed E-state index contributed by atoms with van der Waals surface area (Å²) in [5.41, 5.74) is 5.92. The summed E-state index contributed by atoms with van der Waals surface area (Å²) in [6.07, 6.45) is 5.35.